The third kappa shape index (κ3) is 3.44. The molecular formula is C11H13FN2. The Morgan fingerprint density at radius 1 is 1.50 bits per heavy atom. The van der Waals surface area contributed by atoms with Gasteiger partial charge in [-0.3, -0.25) is 0 Å². The van der Waals surface area contributed by atoms with Crippen LogP contribution in [-0.2, 0) is 0 Å². The van der Waals surface area contributed by atoms with Crippen molar-refractivity contribution in [2.45, 2.75) is 19.5 Å². The summed E-state index contributed by atoms with van der Waals surface area (Å²) in [4.78, 5) is 0. The van der Waals surface area contributed by atoms with Gasteiger partial charge in [-0.05, 0) is 32.0 Å². The third-order valence-electron chi connectivity index (χ3n) is 1.70. The van der Waals surface area contributed by atoms with Crippen molar-refractivity contribution in [2.75, 3.05) is 11.9 Å². The summed E-state index contributed by atoms with van der Waals surface area (Å²) in [6, 6.07) is 9.03. The molecule has 0 saturated carbocycles. The Kier molecular flexibility index (Phi) is 3.08. The maximum absolute atomic E-state index is 13.1. The van der Waals surface area contributed by atoms with E-state index in [-0.39, 0.29) is 6.54 Å². The van der Waals surface area contributed by atoms with Crippen molar-refractivity contribution in [2.24, 2.45) is 0 Å². The fourth-order valence-electron chi connectivity index (χ4n) is 1.01. The van der Waals surface area contributed by atoms with E-state index in [1.54, 1.807) is 18.2 Å². The van der Waals surface area contributed by atoms with E-state index in [4.69, 9.17) is 5.26 Å². The van der Waals surface area contributed by atoms with Crippen molar-refractivity contribution in [1.29, 1.82) is 5.26 Å². The number of rotatable bonds is 3. The molecule has 0 bridgehead atoms. The molecule has 0 amide bonds. The molecule has 1 aromatic rings. The molecule has 0 spiro atoms. The lowest BCUT2D eigenvalue weighted by Crippen LogP contribution is -2.24. The Morgan fingerprint density at radius 3 is 2.79 bits per heavy atom. The maximum atomic E-state index is 13.1. The topological polar surface area (TPSA) is 35.8 Å². The standard InChI is InChI=1S/C11H13FN2/c1-11(2,12)8-14-10-5-3-4-9(6-10)7-13/h3-6,14H,8H2,1-2H3. The quantitative estimate of drug-likeness (QED) is 0.799. The molecular weight excluding hydrogens is 179 g/mol. The fraction of sp³-hybridized carbons (Fsp3) is 0.364. The van der Waals surface area contributed by atoms with E-state index < -0.39 is 5.67 Å². The van der Waals surface area contributed by atoms with Gasteiger partial charge in [0.1, 0.15) is 5.67 Å². The number of anilines is 1. The average molecular weight is 192 g/mol. The second-order valence-electron chi connectivity index (χ2n) is 3.76. The van der Waals surface area contributed by atoms with E-state index in [1.165, 1.54) is 13.8 Å². The molecule has 14 heavy (non-hydrogen) atoms. The molecule has 1 rings (SSSR count). The first-order chi connectivity index (χ1) is 6.51. The summed E-state index contributed by atoms with van der Waals surface area (Å²) in [6.45, 7) is 3.25. The maximum Gasteiger partial charge on any atom is 0.122 e. The first-order valence-electron chi connectivity index (χ1n) is 4.44. The number of nitriles is 1. The van der Waals surface area contributed by atoms with E-state index in [9.17, 15) is 4.39 Å². The van der Waals surface area contributed by atoms with Gasteiger partial charge in [-0.25, -0.2) is 4.39 Å². The van der Waals surface area contributed by atoms with Crippen LogP contribution >= 0.6 is 0 Å². The van der Waals surface area contributed by atoms with E-state index in [0.717, 1.165) is 5.69 Å². The molecule has 0 unspecified atom stereocenters. The normalized spacial score (nSPS) is 10.7. The van der Waals surface area contributed by atoms with Crippen LogP contribution in [0.15, 0.2) is 24.3 Å². The Hall–Kier alpha value is -1.56. The monoisotopic (exact) mass is 192 g/mol. The molecule has 0 aliphatic carbocycles. The molecule has 0 heterocycles. The Labute approximate surface area is 83.4 Å². The number of alkyl halides is 1. The summed E-state index contributed by atoms with van der Waals surface area (Å²) < 4.78 is 13.1. The smallest absolute Gasteiger partial charge is 0.122 e. The second kappa shape index (κ2) is 4.10. The van der Waals surface area contributed by atoms with Crippen molar-refractivity contribution in [3.05, 3.63) is 29.8 Å². The van der Waals surface area contributed by atoms with E-state index >= 15 is 0 Å². The van der Waals surface area contributed by atoms with Crippen LogP contribution in [0.25, 0.3) is 0 Å². The Morgan fingerprint density at radius 2 is 2.21 bits per heavy atom. The number of benzene rings is 1. The molecule has 0 atom stereocenters. The molecule has 1 N–H and O–H groups in total. The van der Waals surface area contributed by atoms with Gasteiger partial charge in [-0.15, -0.1) is 0 Å². The molecule has 1 aromatic carbocycles. The lowest BCUT2D eigenvalue weighted by Gasteiger charge is -2.15. The predicted octanol–water partition coefficient (Wildman–Crippen LogP) is 2.72. The van der Waals surface area contributed by atoms with Crippen molar-refractivity contribution in [3.63, 3.8) is 0 Å². The van der Waals surface area contributed by atoms with Gasteiger partial charge in [0.2, 0.25) is 0 Å². The van der Waals surface area contributed by atoms with Crippen LogP contribution < -0.4 is 5.32 Å². The summed E-state index contributed by atoms with van der Waals surface area (Å²) in [7, 11) is 0. The molecule has 0 aliphatic rings. The minimum Gasteiger partial charge on any atom is -0.382 e. The largest absolute Gasteiger partial charge is 0.382 e. The predicted molar refractivity (Wildman–Crippen MR) is 54.8 cm³/mol. The van der Waals surface area contributed by atoms with E-state index in [2.05, 4.69) is 5.32 Å². The van der Waals surface area contributed by atoms with Crippen LogP contribution in [0.2, 0.25) is 0 Å². The number of hydrogen-bond acceptors (Lipinski definition) is 2. The number of nitrogens with one attached hydrogen (secondary N) is 1. The molecule has 0 aliphatic heterocycles. The summed E-state index contributed by atoms with van der Waals surface area (Å²) in [6.07, 6.45) is 0. The van der Waals surface area contributed by atoms with Crippen LogP contribution in [0.4, 0.5) is 10.1 Å². The van der Waals surface area contributed by atoms with Gasteiger partial charge in [-0.2, -0.15) is 5.26 Å². The zero-order chi connectivity index (χ0) is 10.6. The number of hydrogen-bond donors (Lipinski definition) is 1. The third-order valence-corrected chi connectivity index (χ3v) is 1.70. The second-order valence-corrected chi connectivity index (χ2v) is 3.76. The highest BCUT2D eigenvalue weighted by atomic mass is 19.1. The van der Waals surface area contributed by atoms with Crippen molar-refractivity contribution in [3.8, 4) is 6.07 Å². The zero-order valence-corrected chi connectivity index (χ0v) is 8.34. The van der Waals surface area contributed by atoms with Crippen molar-refractivity contribution in [1.82, 2.24) is 0 Å². The molecule has 3 heteroatoms. The lowest BCUT2D eigenvalue weighted by molar-refractivity contribution is 0.235. The van der Waals surface area contributed by atoms with E-state index in [0.29, 0.717) is 5.56 Å². The summed E-state index contributed by atoms with van der Waals surface area (Å²) in [5.74, 6) is 0. The summed E-state index contributed by atoms with van der Waals surface area (Å²) >= 11 is 0. The Bertz CT molecular complexity index is 347. The van der Waals surface area contributed by atoms with Gasteiger partial charge in [0.25, 0.3) is 0 Å². The minimum atomic E-state index is -1.25. The molecule has 0 saturated heterocycles. The van der Waals surface area contributed by atoms with Crippen LogP contribution in [0.5, 0.6) is 0 Å². The van der Waals surface area contributed by atoms with Gasteiger partial charge < -0.3 is 5.32 Å². The number of halogens is 1. The lowest BCUT2D eigenvalue weighted by atomic mass is 10.1. The SMILES string of the molecule is CC(C)(F)CNc1cccc(C#N)c1. The molecule has 0 radical (unpaired) electrons. The molecule has 74 valence electrons. The minimum absolute atomic E-state index is 0.238. The van der Waals surface area contributed by atoms with Crippen LogP contribution in [0.1, 0.15) is 19.4 Å². The number of nitrogens with zero attached hydrogens (tertiary/aromatic N) is 1. The molecule has 0 aromatic heterocycles. The van der Waals surface area contributed by atoms with Crippen molar-refractivity contribution < 1.29 is 4.39 Å². The highest BCUT2D eigenvalue weighted by Gasteiger charge is 2.14. The van der Waals surface area contributed by atoms with Gasteiger partial charge >= 0.3 is 0 Å². The van der Waals surface area contributed by atoms with Crippen molar-refractivity contribution >= 4 is 5.69 Å². The average Bonchev–Trinajstić information content (AvgIpc) is 2.14. The molecule has 0 fully saturated rings. The van der Waals surface area contributed by atoms with Gasteiger partial charge in [0.15, 0.2) is 0 Å². The Balaban J connectivity index is 2.65. The van der Waals surface area contributed by atoms with Gasteiger partial charge in [-0.1, -0.05) is 6.07 Å². The summed E-state index contributed by atoms with van der Waals surface area (Å²) in [5, 5.41) is 11.6. The van der Waals surface area contributed by atoms with Gasteiger partial charge in [0.05, 0.1) is 11.6 Å². The highest BCUT2D eigenvalue weighted by molar-refractivity contribution is 5.49. The first kappa shape index (κ1) is 10.5. The van der Waals surface area contributed by atoms with Crippen LogP contribution in [0, 0.1) is 11.3 Å². The highest BCUT2D eigenvalue weighted by Crippen LogP contribution is 2.13. The van der Waals surface area contributed by atoms with Gasteiger partial charge in [0, 0.05) is 12.2 Å². The summed E-state index contributed by atoms with van der Waals surface area (Å²) in [5.41, 5.74) is 0.101. The molecule has 2 nitrogen and oxygen atoms in total. The fourth-order valence-corrected chi connectivity index (χ4v) is 1.01. The van der Waals surface area contributed by atoms with Crippen LogP contribution in [-0.4, -0.2) is 12.2 Å². The van der Waals surface area contributed by atoms with E-state index in [1.807, 2.05) is 12.1 Å². The zero-order valence-electron chi connectivity index (χ0n) is 8.34. The first-order valence-corrected chi connectivity index (χ1v) is 4.44. The van der Waals surface area contributed by atoms with Crippen LogP contribution in [0.3, 0.4) is 0 Å².